The normalized spacial score (nSPS) is 22.3. The maximum atomic E-state index is 13.4. The molecule has 1 aliphatic carbocycles. The molecule has 146 valence electrons. The van der Waals surface area contributed by atoms with Crippen LogP contribution < -0.4 is 4.74 Å². The summed E-state index contributed by atoms with van der Waals surface area (Å²) < 4.78 is 5.57. The minimum atomic E-state index is 0.0963. The van der Waals surface area contributed by atoms with Gasteiger partial charge in [-0.2, -0.15) is 0 Å². The first-order valence-corrected chi connectivity index (χ1v) is 10.5. The van der Waals surface area contributed by atoms with Gasteiger partial charge in [0.2, 0.25) is 5.91 Å². The van der Waals surface area contributed by atoms with Crippen LogP contribution in [0.2, 0.25) is 0 Å². The molecule has 0 radical (unpaired) electrons. The Balaban J connectivity index is 1.51. The molecule has 5 nitrogen and oxygen atoms in total. The minimum absolute atomic E-state index is 0.0963. The molecule has 2 heterocycles. The number of hydrogen-bond donors (Lipinski definition) is 0. The van der Waals surface area contributed by atoms with Crippen LogP contribution in [0.15, 0.2) is 12.1 Å². The Morgan fingerprint density at radius 3 is 2.63 bits per heavy atom. The summed E-state index contributed by atoms with van der Waals surface area (Å²) in [5, 5.41) is 0. The van der Waals surface area contributed by atoms with Crippen molar-refractivity contribution in [3.05, 3.63) is 28.8 Å². The molecule has 2 amide bonds. The third-order valence-electron chi connectivity index (χ3n) is 6.44. The van der Waals surface area contributed by atoms with Crippen molar-refractivity contribution in [1.82, 2.24) is 9.80 Å². The van der Waals surface area contributed by atoms with Gasteiger partial charge < -0.3 is 14.5 Å². The van der Waals surface area contributed by atoms with E-state index in [4.69, 9.17) is 4.74 Å². The van der Waals surface area contributed by atoms with Gasteiger partial charge in [-0.25, -0.2) is 0 Å². The maximum Gasteiger partial charge on any atom is 0.257 e. The number of amides is 2. The van der Waals surface area contributed by atoms with Gasteiger partial charge in [0.25, 0.3) is 5.91 Å². The molecule has 0 saturated carbocycles. The van der Waals surface area contributed by atoms with E-state index in [0.717, 1.165) is 71.0 Å². The number of carbonyl (C=O) groups excluding carboxylic acids is 2. The number of benzene rings is 1. The third-order valence-corrected chi connectivity index (χ3v) is 6.44. The molecule has 2 fully saturated rings. The fraction of sp³-hybridized carbons (Fsp3) is 0.636. The molecule has 3 aliphatic rings. The van der Waals surface area contributed by atoms with E-state index in [9.17, 15) is 9.59 Å². The molecular formula is C22H30N2O3. The summed E-state index contributed by atoms with van der Waals surface area (Å²) in [4.78, 5) is 29.3. The lowest BCUT2D eigenvalue weighted by Gasteiger charge is -2.37. The molecule has 0 unspecified atom stereocenters. The minimum Gasteiger partial charge on any atom is -0.496 e. The molecule has 1 aromatic rings. The first-order valence-electron chi connectivity index (χ1n) is 10.5. The average molecular weight is 370 g/mol. The zero-order valence-corrected chi connectivity index (χ0v) is 16.3. The maximum absolute atomic E-state index is 13.4. The molecule has 0 aromatic heterocycles. The summed E-state index contributed by atoms with van der Waals surface area (Å²) in [5.74, 6) is 1.07. The van der Waals surface area contributed by atoms with Crippen LogP contribution in [0, 0.1) is 0 Å². The van der Waals surface area contributed by atoms with Gasteiger partial charge in [-0.3, -0.25) is 9.59 Å². The van der Waals surface area contributed by atoms with E-state index in [0.29, 0.717) is 17.7 Å². The lowest BCUT2D eigenvalue weighted by Crippen LogP contribution is -2.45. The van der Waals surface area contributed by atoms with Crippen molar-refractivity contribution in [2.45, 2.75) is 63.8 Å². The number of carbonyl (C=O) groups is 2. The summed E-state index contributed by atoms with van der Waals surface area (Å²) in [7, 11) is 1.65. The van der Waals surface area contributed by atoms with Crippen LogP contribution in [0.25, 0.3) is 0 Å². The van der Waals surface area contributed by atoms with Crippen molar-refractivity contribution in [3.8, 4) is 5.75 Å². The third kappa shape index (κ3) is 3.69. The van der Waals surface area contributed by atoms with Gasteiger partial charge in [0.1, 0.15) is 5.75 Å². The molecule has 0 spiro atoms. The topological polar surface area (TPSA) is 49.9 Å². The van der Waals surface area contributed by atoms with Gasteiger partial charge in [-0.05, 0) is 74.6 Å². The Morgan fingerprint density at radius 2 is 1.89 bits per heavy atom. The number of hydrogen-bond acceptors (Lipinski definition) is 3. The van der Waals surface area contributed by atoms with Crippen molar-refractivity contribution < 1.29 is 14.3 Å². The zero-order chi connectivity index (χ0) is 18.8. The molecule has 0 N–H and O–H groups in total. The Kier molecular flexibility index (Phi) is 5.37. The molecule has 0 bridgehead atoms. The summed E-state index contributed by atoms with van der Waals surface area (Å²) in [6.45, 7) is 2.45. The summed E-state index contributed by atoms with van der Waals surface area (Å²) in [6, 6.07) is 4.36. The summed E-state index contributed by atoms with van der Waals surface area (Å²) >= 11 is 0. The first-order chi connectivity index (χ1) is 13.2. The van der Waals surface area contributed by atoms with Gasteiger partial charge >= 0.3 is 0 Å². The molecule has 1 atom stereocenters. The van der Waals surface area contributed by atoms with Gasteiger partial charge in [-0.15, -0.1) is 0 Å². The monoisotopic (exact) mass is 370 g/mol. The second-order valence-electron chi connectivity index (χ2n) is 8.10. The van der Waals surface area contributed by atoms with E-state index in [2.05, 4.69) is 12.1 Å². The number of methoxy groups -OCH3 is 1. The van der Waals surface area contributed by atoms with Crippen LogP contribution in [0.5, 0.6) is 5.75 Å². The molecular weight excluding hydrogens is 340 g/mol. The van der Waals surface area contributed by atoms with Gasteiger partial charge in [-0.1, -0.05) is 0 Å². The standard InChI is InChI=1S/C22H30N2O3/c1-27-20-15-17-7-4-6-16(17)14-19(20)22(26)24-12-3-2-8-18(24)10-13-23-11-5-9-21(23)25/h14-15,18H,2-13H2,1H3/t18-/m0/s1. The molecule has 4 rings (SSSR count). The Labute approximate surface area is 161 Å². The largest absolute Gasteiger partial charge is 0.496 e. The highest BCUT2D eigenvalue weighted by Gasteiger charge is 2.31. The number of ether oxygens (including phenoxy) is 1. The van der Waals surface area contributed by atoms with E-state index in [-0.39, 0.29) is 17.9 Å². The highest BCUT2D eigenvalue weighted by Crippen LogP contribution is 2.32. The van der Waals surface area contributed by atoms with Crippen LogP contribution in [0.1, 0.15) is 66.4 Å². The van der Waals surface area contributed by atoms with Crippen molar-refractivity contribution in [2.75, 3.05) is 26.7 Å². The van der Waals surface area contributed by atoms with E-state index >= 15 is 0 Å². The molecule has 1 aromatic carbocycles. The van der Waals surface area contributed by atoms with Crippen LogP contribution in [0.4, 0.5) is 0 Å². The quantitative estimate of drug-likeness (QED) is 0.800. The van der Waals surface area contributed by atoms with Crippen LogP contribution in [0.3, 0.4) is 0 Å². The number of rotatable bonds is 5. The predicted molar refractivity (Wildman–Crippen MR) is 104 cm³/mol. The Morgan fingerprint density at radius 1 is 1.07 bits per heavy atom. The number of piperidine rings is 1. The second-order valence-corrected chi connectivity index (χ2v) is 8.10. The van der Waals surface area contributed by atoms with E-state index in [1.807, 2.05) is 9.80 Å². The van der Waals surface area contributed by atoms with Gasteiger partial charge in [0.05, 0.1) is 12.7 Å². The van der Waals surface area contributed by atoms with Crippen LogP contribution in [-0.4, -0.2) is 54.4 Å². The zero-order valence-electron chi connectivity index (χ0n) is 16.3. The second kappa shape index (κ2) is 7.91. The number of aryl methyl sites for hydroxylation is 2. The fourth-order valence-corrected chi connectivity index (χ4v) is 4.91. The van der Waals surface area contributed by atoms with Crippen molar-refractivity contribution in [2.24, 2.45) is 0 Å². The molecule has 27 heavy (non-hydrogen) atoms. The Bertz CT molecular complexity index is 731. The average Bonchev–Trinajstić information content (AvgIpc) is 3.33. The Hall–Kier alpha value is -2.04. The van der Waals surface area contributed by atoms with E-state index in [1.54, 1.807) is 7.11 Å². The van der Waals surface area contributed by atoms with E-state index in [1.165, 1.54) is 11.1 Å². The van der Waals surface area contributed by atoms with Crippen molar-refractivity contribution in [1.29, 1.82) is 0 Å². The number of fused-ring (bicyclic) bond motifs is 1. The summed E-state index contributed by atoms with van der Waals surface area (Å²) in [6.07, 6.45) is 9.06. The fourth-order valence-electron chi connectivity index (χ4n) is 4.91. The highest BCUT2D eigenvalue weighted by atomic mass is 16.5. The number of nitrogens with zero attached hydrogens (tertiary/aromatic N) is 2. The summed E-state index contributed by atoms with van der Waals surface area (Å²) in [5.41, 5.74) is 3.34. The SMILES string of the molecule is COc1cc2c(cc1C(=O)N1CCCC[C@H]1CCN1CCCC1=O)CCC2. The van der Waals surface area contributed by atoms with Crippen molar-refractivity contribution >= 4 is 11.8 Å². The lowest BCUT2D eigenvalue weighted by molar-refractivity contribution is -0.127. The van der Waals surface area contributed by atoms with Crippen LogP contribution in [-0.2, 0) is 17.6 Å². The molecule has 2 saturated heterocycles. The number of likely N-dealkylation sites (tertiary alicyclic amines) is 2. The molecule has 2 aliphatic heterocycles. The molecule has 5 heteroatoms. The lowest BCUT2D eigenvalue weighted by atomic mass is 9.96. The van der Waals surface area contributed by atoms with E-state index < -0.39 is 0 Å². The van der Waals surface area contributed by atoms with Gasteiger partial charge in [0, 0.05) is 32.1 Å². The van der Waals surface area contributed by atoms with Gasteiger partial charge in [0.15, 0.2) is 0 Å². The van der Waals surface area contributed by atoms with Crippen LogP contribution >= 0.6 is 0 Å². The van der Waals surface area contributed by atoms with Crippen molar-refractivity contribution in [3.63, 3.8) is 0 Å². The predicted octanol–water partition coefficient (Wildman–Crippen LogP) is 3.19. The smallest absolute Gasteiger partial charge is 0.257 e. The first kappa shape index (κ1) is 18.3. The highest BCUT2D eigenvalue weighted by molar-refractivity contribution is 5.97.